The monoisotopic (exact) mass is 424 g/mol. The molecule has 0 unspecified atom stereocenters. The molecule has 28 heavy (non-hydrogen) atoms. The van der Waals surface area contributed by atoms with Gasteiger partial charge in [-0.3, -0.25) is 9.36 Å². The second-order valence-corrected chi connectivity index (χ2v) is 9.09. The highest BCUT2D eigenvalue weighted by atomic mass is 35.5. The van der Waals surface area contributed by atoms with Gasteiger partial charge in [0.2, 0.25) is 0 Å². The van der Waals surface area contributed by atoms with Crippen molar-refractivity contribution < 1.29 is 0 Å². The standard InChI is InChI=1S/C23H36N2OS.ClH/c1-2-3-12-20-13-14-21-22(19-20)27-23(26)25(21)18-11-7-6-10-17-24-15-8-4-5-9-16-24;/h13-14,19H,2-12,15-18H2,1H3;1H. The van der Waals surface area contributed by atoms with E-state index in [0.29, 0.717) is 0 Å². The van der Waals surface area contributed by atoms with Crippen molar-refractivity contribution in [1.82, 2.24) is 9.47 Å². The molecule has 158 valence electrons. The number of fused-ring (bicyclic) bond motifs is 1. The first kappa shape index (κ1) is 23.4. The Hall–Kier alpha value is -0.840. The minimum atomic E-state index is 0. The Morgan fingerprint density at radius 3 is 2.36 bits per heavy atom. The van der Waals surface area contributed by atoms with Crippen LogP contribution in [0.1, 0.15) is 76.7 Å². The quantitative estimate of drug-likeness (QED) is 0.420. The highest BCUT2D eigenvalue weighted by Crippen LogP contribution is 2.21. The SMILES string of the molecule is CCCCc1ccc2c(c1)sc(=O)n2CCCCCCN1CCCCCC1.Cl. The first-order valence-electron chi connectivity index (χ1n) is 11.1. The number of unbranched alkanes of at least 4 members (excludes halogenated alkanes) is 4. The molecular formula is C23H37ClN2OS. The number of hydrogen-bond acceptors (Lipinski definition) is 3. The Morgan fingerprint density at radius 2 is 1.64 bits per heavy atom. The van der Waals surface area contributed by atoms with Crippen molar-refractivity contribution in [3.05, 3.63) is 33.4 Å². The Morgan fingerprint density at radius 1 is 0.929 bits per heavy atom. The smallest absolute Gasteiger partial charge is 0.303 e. The number of hydrogen-bond donors (Lipinski definition) is 0. The zero-order valence-electron chi connectivity index (χ0n) is 17.5. The van der Waals surface area contributed by atoms with Crippen LogP contribution in [0.3, 0.4) is 0 Å². The van der Waals surface area contributed by atoms with Crippen LogP contribution in [0.5, 0.6) is 0 Å². The third-order valence-corrected chi connectivity index (χ3v) is 6.80. The molecule has 0 N–H and O–H groups in total. The molecule has 5 heteroatoms. The van der Waals surface area contributed by atoms with E-state index in [0.717, 1.165) is 29.6 Å². The fourth-order valence-corrected chi connectivity index (χ4v) is 5.16. The van der Waals surface area contributed by atoms with E-state index in [4.69, 9.17) is 0 Å². The molecule has 1 saturated heterocycles. The van der Waals surface area contributed by atoms with Crippen LogP contribution >= 0.6 is 23.7 Å². The lowest BCUT2D eigenvalue weighted by Crippen LogP contribution is -2.25. The fourth-order valence-electron chi connectivity index (χ4n) is 4.18. The van der Waals surface area contributed by atoms with E-state index in [1.165, 1.54) is 94.3 Å². The van der Waals surface area contributed by atoms with Crippen LogP contribution < -0.4 is 4.87 Å². The van der Waals surface area contributed by atoms with Gasteiger partial charge in [-0.05, 0) is 75.9 Å². The third kappa shape index (κ3) is 6.89. The molecule has 0 atom stereocenters. The van der Waals surface area contributed by atoms with Crippen molar-refractivity contribution in [3.63, 3.8) is 0 Å². The number of halogens is 1. The van der Waals surface area contributed by atoms with Crippen LogP contribution in [0.4, 0.5) is 0 Å². The lowest BCUT2D eigenvalue weighted by Gasteiger charge is -2.19. The van der Waals surface area contributed by atoms with E-state index in [-0.39, 0.29) is 17.3 Å². The van der Waals surface area contributed by atoms with Crippen LogP contribution in [0.2, 0.25) is 0 Å². The maximum Gasteiger partial charge on any atom is 0.308 e. The van der Waals surface area contributed by atoms with Gasteiger partial charge in [0.1, 0.15) is 0 Å². The van der Waals surface area contributed by atoms with E-state index in [2.05, 4.69) is 30.0 Å². The summed E-state index contributed by atoms with van der Waals surface area (Å²) in [5, 5.41) is 0. The van der Waals surface area contributed by atoms with Gasteiger partial charge in [-0.1, -0.05) is 56.4 Å². The molecule has 3 nitrogen and oxygen atoms in total. The Kier molecular flexibility index (Phi) is 10.6. The highest BCUT2D eigenvalue weighted by Gasteiger charge is 2.09. The summed E-state index contributed by atoms with van der Waals surface area (Å²) in [5.74, 6) is 0. The molecule has 1 fully saturated rings. The average Bonchev–Trinajstić information content (AvgIpc) is 2.84. The van der Waals surface area contributed by atoms with Crippen LogP contribution in [-0.4, -0.2) is 29.1 Å². The molecule has 1 aromatic carbocycles. The molecule has 2 heterocycles. The van der Waals surface area contributed by atoms with E-state index >= 15 is 0 Å². The van der Waals surface area contributed by atoms with Crippen molar-refractivity contribution in [1.29, 1.82) is 0 Å². The molecule has 0 amide bonds. The summed E-state index contributed by atoms with van der Waals surface area (Å²) in [4.78, 5) is 15.3. The molecule has 0 radical (unpaired) electrons. The number of likely N-dealkylation sites (tertiary alicyclic amines) is 1. The number of rotatable bonds is 10. The fraction of sp³-hybridized carbons (Fsp3) is 0.696. The summed E-state index contributed by atoms with van der Waals surface area (Å²) in [6.07, 6.45) is 14.1. The molecule has 0 bridgehead atoms. The van der Waals surface area contributed by atoms with E-state index in [1.807, 2.05) is 4.57 Å². The molecule has 0 aliphatic carbocycles. The molecule has 1 aliphatic heterocycles. The second-order valence-electron chi connectivity index (χ2n) is 8.10. The zero-order valence-corrected chi connectivity index (χ0v) is 19.1. The number of benzene rings is 1. The normalized spacial score (nSPS) is 15.5. The molecule has 0 saturated carbocycles. The Bertz CT molecular complexity index is 747. The van der Waals surface area contributed by atoms with Crippen LogP contribution in [-0.2, 0) is 13.0 Å². The van der Waals surface area contributed by atoms with E-state index < -0.39 is 0 Å². The van der Waals surface area contributed by atoms with Crippen LogP contribution in [0.15, 0.2) is 23.0 Å². The van der Waals surface area contributed by atoms with Crippen LogP contribution in [0.25, 0.3) is 10.2 Å². The highest BCUT2D eigenvalue weighted by molar-refractivity contribution is 7.16. The lowest BCUT2D eigenvalue weighted by molar-refractivity contribution is 0.277. The van der Waals surface area contributed by atoms with Crippen molar-refractivity contribution in [3.8, 4) is 0 Å². The minimum Gasteiger partial charge on any atom is -0.303 e. The Balaban J connectivity index is 0.00000280. The summed E-state index contributed by atoms with van der Waals surface area (Å²) in [6.45, 7) is 6.97. The number of nitrogens with zero attached hydrogens (tertiary/aromatic N) is 2. The van der Waals surface area contributed by atoms with Gasteiger partial charge in [0, 0.05) is 6.54 Å². The van der Waals surface area contributed by atoms with Gasteiger partial charge in [-0.25, -0.2) is 0 Å². The van der Waals surface area contributed by atoms with Gasteiger partial charge >= 0.3 is 4.87 Å². The van der Waals surface area contributed by atoms with Gasteiger partial charge in [0.15, 0.2) is 0 Å². The predicted octanol–water partition coefficient (Wildman–Crippen LogP) is 6.26. The van der Waals surface area contributed by atoms with Gasteiger partial charge in [-0.15, -0.1) is 12.4 Å². The topological polar surface area (TPSA) is 25.2 Å². The maximum absolute atomic E-state index is 12.4. The third-order valence-electron chi connectivity index (χ3n) is 5.86. The van der Waals surface area contributed by atoms with Crippen molar-refractivity contribution in [2.45, 2.75) is 84.1 Å². The van der Waals surface area contributed by atoms with E-state index in [9.17, 15) is 4.79 Å². The Labute approximate surface area is 180 Å². The van der Waals surface area contributed by atoms with Crippen molar-refractivity contribution in [2.24, 2.45) is 0 Å². The molecular weight excluding hydrogens is 388 g/mol. The summed E-state index contributed by atoms with van der Waals surface area (Å²) < 4.78 is 3.16. The summed E-state index contributed by atoms with van der Waals surface area (Å²) in [7, 11) is 0. The van der Waals surface area contributed by atoms with Crippen LogP contribution in [0, 0.1) is 0 Å². The molecule has 2 aromatic rings. The number of thiazole rings is 1. The first-order valence-corrected chi connectivity index (χ1v) is 11.9. The lowest BCUT2D eigenvalue weighted by atomic mass is 10.1. The molecule has 1 aromatic heterocycles. The predicted molar refractivity (Wildman–Crippen MR) is 125 cm³/mol. The maximum atomic E-state index is 12.4. The molecule has 3 rings (SSSR count). The summed E-state index contributed by atoms with van der Waals surface area (Å²) >= 11 is 1.42. The molecule has 0 spiro atoms. The number of aromatic nitrogens is 1. The van der Waals surface area contributed by atoms with Gasteiger partial charge < -0.3 is 4.90 Å². The first-order chi connectivity index (χ1) is 13.3. The summed E-state index contributed by atoms with van der Waals surface area (Å²) in [6, 6.07) is 6.61. The summed E-state index contributed by atoms with van der Waals surface area (Å²) in [5.41, 5.74) is 2.50. The van der Waals surface area contributed by atoms with Gasteiger partial charge in [0.25, 0.3) is 0 Å². The largest absolute Gasteiger partial charge is 0.308 e. The molecule has 1 aliphatic rings. The number of aryl methyl sites for hydroxylation is 2. The van der Waals surface area contributed by atoms with Gasteiger partial charge in [-0.2, -0.15) is 0 Å². The van der Waals surface area contributed by atoms with Gasteiger partial charge in [0.05, 0.1) is 10.2 Å². The average molecular weight is 425 g/mol. The zero-order chi connectivity index (χ0) is 18.9. The minimum absolute atomic E-state index is 0. The van der Waals surface area contributed by atoms with Crippen molar-refractivity contribution >= 4 is 34.0 Å². The second kappa shape index (κ2) is 12.7. The van der Waals surface area contributed by atoms with Crippen molar-refractivity contribution in [2.75, 3.05) is 19.6 Å². The van der Waals surface area contributed by atoms with E-state index in [1.54, 1.807) is 0 Å².